The highest BCUT2D eigenvalue weighted by molar-refractivity contribution is 6.14. The molecule has 0 fully saturated rings. The van der Waals surface area contributed by atoms with Gasteiger partial charge >= 0.3 is 5.97 Å². The number of carboxylic acids is 1. The molecule has 3 aromatic rings. The van der Waals surface area contributed by atoms with E-state index >= 15 is 0 Å². The Balaban J connectivity index is 2.03. The summed E-state index contributed by atoms with van der Waals surface area (Å²) in [6.07, 6.45) is 0. The van der Waals surface area contributed by atoms with Gasteiger partial charge < -0.3 is 10.2 Å². The van der Waals surface area contributed by atoms with Crippen molar-refractivity contribution in [2.45, 2.75) is 20.5 Å². The third-order valence-electron chi connectivity index (χ3n) is 5.03. The van der Waals surface area contributed by atoms with Crippen molar-refractivity contribution in [3.05, 3.63) is 105 Å². The van der Waals surface area contributed by atoms with E-state index in [4.69, 9.17) is 5.11 Å². The maximum atomic E-state index is 13.0. The molecule has 0 aromatic heterocycles. The zero-order valence-electron chi connectivity index (χ0n) is 16.1. The van der Waals surface area contributed by atoms with E-state index in [0.29, 0.717) is 27.8 Å². The van der Waals surface area contributed by atoms with Crippen molar-refractivity contribution in [1.29, 1.82) is 0 Å². The Kier molecular flexibility index (Phi) is 5.71. The summed E-state index contributed by atoms with van der Waals surface area (Å²) in [6.45, 7) is 3.17. The molecule has 2 N–H and O–H groups in total. The van der Waals surface area contributed by atoms with Crippen LogP contribution in [0.1, 0.15) is 58.9 Å². The Bertz CT molecular complexity index is 1110. The number of hydrogen-bond donors (Lipinski definition) is 2. The van der Waals surface area contributed by atoms with E-state index in [9.17, 15) is 19.5 Å². The van der Waals surface area contributed by atoms with Crippen molar-refractivity contribution in [3.63, 3.8) is 0 Å². The summed E-state index contributed by atoms with van der Waals surface area (Å²) >= 11 is 0. The Morgan fingerprint density at radius 1 is 0.724 bits per heavy atom. The van der Waals surface area contributed by atoms with E-state index in [1.165, 1.54) is 30.3 Å². The Labute approximate surface area is 168 Å². The summed E-state index contributed by atoms with van der Waals surface area (Å²) in [5.41, 5.74) is 3.46. The van der Waals surface area contributed by atoms with E-state index < -0.39 is 12.6 Å². The molecule has 0 unspecified atom stereocenters. The average molecular weight is 388 g/mol. The minimum absolute atomic E-state index is 0.0827. The van der Waals surface area contributed by atoms with Gasteiger partial charge in [-0.15, -0.1) is 0 Å². The molecule has 0 heterocycles. The van der Waals surface area contributed by atoms with Crippen molar-refractivity contribution in [1.82, 2.24) is 0 Å². The van der Waals surface area contributed by atoms with Crippen molar-refractivity contribution in [2.24, 2.45) is 0 Å². The minimum Gasteiger partial charge on any atom is -0.478 e. The third-order valence-corrected chi connectivity index (χ3v) is 5.03. The third kappa shape index (κ3) is 3.86. The molecule has 0 saturated carbocycles. The van der Waals surface area contributed by atoms with Crippen LogP contribution >= 0.6 is 0 Å². The fraction of sp³-hybridized carbons (Fsp3) is 0.125. The first-order valence-electron chi connectivity index (χ1n) is 9.07. The molecule has 0 radical (unpaired) electrons. The topological polar surface area (TPSA) is 91.7 Å². The van der Waals surface area contributed by atoms with Crippen LogP contribution in [-0.2, 0) is 6.61 Å². The van der Waals surface area contributed by atoms with Crippen molar-refractivity contribution in [2.75, 3.05) is 0 Å². The highest BCUT2D eigenvalue weighted by atomic mass is 16.4. The second-order valence-corrected chi connectivity index (χ2v) is 6.78. The molecule has 0 amide bonds. The van der Waals surface area contributed by atoms with Crippen LogP contribution in [0.4, 0.5) is 0 Å². The number of carbonyl (C=O) groups excluding carboxylic acids is 2. The van der Waals surface area contributed by atoms with Crippen molar-refractivity contribution >= 4 is 17.5 Å². The molecule has 0 saturated heterocycles. The lowest BCUT2D eigenvalue weighted by Gasteiger charge is -2.15. The van der Waals surface area contributed by atoms with Crippen molar-refractivity contribution in [3.8, 4) is 0 Å². The number of aromatic carboxylic acids is 1. The van der Waals surface area contributed by atoms with Crippen LogP contribution in [0.2, 0.25) is 0 Å². The molecule has 0 atom stereocenters. The lowest BCUT2D eigenvalue weighted by atomic mass is 9.88. The van der Waals surface area contributed by atoms with Crippen LogP contribution in [0.25, 0.3) is 0 Å². The fourth-order valence-electron chi connectivity index (χ4n) is 3.31. The van der Waals surface area contributed by atoms with Gasteiger partial charge in [-0.2, -0.15) is 0 Å². The van der Waals surface area contributed by atoms with Gasteiger partial charge in [0.1, 0.15) is 0 Å². The zero-order chi connectivity index (χ0) is 21.1. The summed E-state index contributed by atoms with van der Waals surface area (Å²) in [5.74, 6) is -1.58. The molecule has 5 nitrogen and oxygen atoms in total. The molecule has 3 rings (SSSR count). The van der Waals surface area contributed by atoms with Gasteiger partial charge in [0.25, 0.3) is 0 Å². The largest absolute Gasteiger partial charge is 0.478 e. The lowest BCUT2D eigenvalue weighted by molar-refractivity contribution is 0.0696. The quantitative estimate of drug-likeness (QED) is 0.624. The van der Waals surface area contributed by atoms with Crippen LogP contribution in [0.5, 0.6) is 0 Å². The first-order valence-corrected chi connectivity index (χ1v) is 9.07. The number of carboxylic acid groups (broad SMARTS) is 1. The predicted molar refractivity (Wildman–Crippen MR) is 109 cm³/mol. The van der Waals surface area contributed by atoms with E-state index in [0.717, 1.165) is 5.56 Å². The molecule has 3 aromatic carbocycles. The van der Waals surface area contributed by atoms with Gasteiger partial charge in [0.2, 0.25) is 0 Å². The van der Waals surface area contributed by atoms with Crippen molar-refractivity contribution < 1.29 is 24.6 Å². The second-order valence-electron chi connectivity index (χ2n) is 6.78. The van der Waals surface area contributed by atoms with E-state index in [1.54, 1.807) is 25.1 Å². The molecule has 0 bridgehead atoms. The normalized spacial score (nSPS) is 10.6. The molecule has 0 spiro atoms. The lowest BCUT2D eigenvalue weighted by Crippen LogP contribution is -2.12. The van der Waals surface area contributed by atoms with Gasteiger partial charge in [-0.05, 0) is 48.7 Å². The van der Waals surface area contributed by atoms with Gasteiger partial charge in [-0.3, -0.25) is 9.59 Å². The monoisotopic (exact) mass is 388 g/mol. The standard InChI is InChI=1S/C24H20O5/c1-14-5-3-4-6-18(14)23(27)19-11-12-20(21(13-25)15(19)2)22(26)16-7-9-17(10-8-16)24(28)29/h3-12,25H,13H2,1-2H3,(H,28,29). The number of aliphatic hydroxyl groups is 1. The molecule has 29 heavy (non-hydrogen) atoms. The maximum Gasteiger partial charge on any atom is 0.335 e. The Hall–Kier alpha value is -3.57. The van der Waals surface area contributed by atoms with Crippen LogP contribution in [0.3, 0.4) is 0 Å². The first-order chi connectivity index (χ1) is 13.8. The molecule has 0 aliphatic carbocycles. The van der Waals surface area contributed by atoms with Gasteiger partial charge in [0.15, 0.2) is 11.6 Å². The number of carbonyl (C=O) groups is 3. The number of benzene rings is 3. The predicted octanol–water partition coefficient (Wildman–Crippen LogP) is 3.96. The van der Waals surface area contributed by atoms with Gasteiger partial charge in [0, 0.05) is 22.3 Å². The summed E-state index contributed by atoms with van der Waals surface area (Å²) in [7, 11) is 0. The summed E-state index contributed by atoms with van der Waals surface area (Å²) < 4.78 is 0. The first kappa shape index (κ1) is 20.2. The highest BCUT2D eigenvalue weighted by Gasteiger charge is 2.21. The number of aliphatic hydroxyl groups excluding tert-OH is 1. The second kappa shape index (κ2) is 8.20. The Morgan fingerprint density at radius 3 is 1.90 bits per heavy atom. The van der Waals surface area contributed by atoms with E-state index in [1.807, 2.05) is 19.1 Å². The number of rotatable bonds is 6. The van der Waals surface area contributed by atoms with Gasteiger partial charge in [-0.1, -0.05) is 42.5 Å². The molecule has 0 aliphatic rings. The average Bonchev–Trinajstić information content (AvgIpc) is 2.73. The smallest absolute Gasteiger partial charge is 0.335 e. The fourth-order valence-corrected chi connectivity index (χ4v) is 3.31. The highest BCUT2D eigenvalue weighted by Crippen LogP contribution is 2.25. The summed E-state index contributed by atoms with van der Waals surface area (Å²) in [4.78, 5) is 36.9. The zero-order valence-corrected chi connectivity index (χ0v) is 16.1. The number of aryl methyl sites for hydroxylation is 1. The maximum absolute atomic E-state index is 13.0. The van der Waals surface area contributed by atoms with Crippen LogP contribution in [0, 0.1) is 13.8 Å². The van der Waals surface area contributed by atoms with Gasteiger partial charge in [0.05, 0.1) is 12.2 Å². The van der Waals surface area contributed by atoms with E-state index in [2.05, 4.69) is 0 Å². The Morgan fingerprint density at radius 2 is 1.31 bits per heavy atom. The number of hydrogen-bond acceptors (Lipinski definition) is 4. The SMILES string of the molecule is Cc1ccccc1C(=O)c1ccc(C(=O)c2ccc(C(=O)O)cc2)c(CO)c1C. The van der Waals surface area contributed by atoms with Crippen LogP contribution in [-0.4, -0.2) is 27.7 Å². The minimum atomic E-state index is -1.07. The molecular weight excluding hydrogens is 368 g/mol. The molecule has 0 aliphatic heterocycles. The van der Waals surface area contributed by atoms with Crippen LogP contribution < -0.4 is 0 Å². The molecule has 5 heteroatoms. The van der Waals surface area contributed by atoms with Gasteiger partial charge in [-0.25, -0.2) is 4.79 Å². The summed E-state index contributed by atoms with van der Waals surface area (Å²) in [6, 6.07) is 16.0. The van der Waals surface area contributed by atoms with Crippen LogP contribution in [0.15, 0.2) is 60.7 Å². The number of ketones is 2. The summed E-state index contributed by atoms with van der Waals surface area (Å²) in [5, 5.41) is 18.9. The molecular formula is C24H20O5. The molecule has 146 valence electrons. The van der Waals surface area contributed by atoms with E-state index in [-0.39, 0.29) is 22.7 Å².